The number of nitrogens with one attached hydrogen (secondary N) is 1. The lowest BCUT2D eigenvalue weighted by molar-refractivity contribution is 0.271. The third-order valence-corrected chi connectivity index (χ3v) is 4.03. The quantitative estimate of drug-likeness (QED) is 0.680. The van der Waals surface area contributed by atoms with Crippen LogP contribution in [0.3, 0.4) is 0 Å². The van der Waals surface area contributed by atoms with Gasteiger partial charge in [0, 0.05) is 5.69 Å². The van der Waals surface area contributed by atoms with Crippen molar-refractivity contribution in [1.29, 1.82) is 0 Å². The molecule has 21 heavy (non-hydrogen) atoms. The van der Waals surface area contributed by atoms with E-state index in [4.69, 9.17) is 10.5 Å². The summed E-state index contributed by atoms with van der Waals surface area (Å²) in [6.07, 6.45) is 1.14. The molecule has 2 rings (SSSR count). The Morgan fingerprint density at radius 3 is 2.52 bits per heavy atom. The monoisotopic (exact) mass is 310 g/mol. The predicted octanol–water partition coefficient (Wildman–Crippen LogP) is 0.360. The molecule has 1 aromatic heterocycles. The van der Waals surface area contributed by atoms with Gasteiger partial charge >= 0.3 is 0 Å². The number of aromatic nitrogens is 2. The van der Waals surface area contributed by atoms with Gasteiger partial charge in [-0.2, -0.15) is 0 Å². The molecule has 0 spiro atoms. The van der Waals surface area contributed by atoms with Crippen molar-refractivity contribution in [3.63, 3.8) is 0 Å². The Kier molecular flexibility index (Phi) is 4.24. The molecular formula is C12H14N4O4S. The number of aliphatic hydroxyl groups excluding tert-OH is 1. The van der Waals surface area contributed by atoms with Crippen LogP contribution in [0, 0.1) is 0 Å². The molecule has 0 fully saturated rings. The van der Waals surface area contributed by atoms with Crippen LogP contribution < -0.4 is 15.2 Å². The summed E-state index contributed by atoms with van der Waals surface area (Å²) in [7, 11) is -2.49. The molecule has 1 aromatic carbocycles. The molecule has 0 radical (unpaired) electrons. The van der Waals surface area contributed by atoms with Crippen LogP contribution >= 0.6 is 0 Å². The molecule has 112 valence electrons. The Morgan fingerprint density at radius 1 is 1.29 bits per heavy atom. The highest BCUT2D eigenvalue weighted by Crippen LogP contribution is 2.24. The first-order valence-corrected chi connectivity index (χ1v) is 7.33. The summed E-state index contributed by atoms with van der Waals surface area (Å²) < 4.78 is 31.7. The highest BCUT2D eigenvalue weighted by Gasteiger charge is 2.19. The van der Waals surface area contributed by atoms with Crippen LogP contribution in [-0.4, -0.2) is 30.6 Å². The Balaban J connectivity index is 2.39. The minimum atomic E-state index is -3.85. The largest absolute Gasteiger partial charge is 0.481 e. The van der Waals surface area contributed by atoms with E-state index in [9.17, 15) is 13.5 Å². The minimum absolute atomic E-state index is 0.0261. The van der Waals surface area contributed by atoms with Crippen LogP contribution in [0.25, 0.3) is 0 Å². The smallest absolute Gasteiger partial charge is 0.263 e. The maximum Gasteiger partial charge on any atom is 0.263 e. The molecule has 2 aromatic rings. The van der Waals surface area contributed by atoms with Crippen LogP contribution in [0.15, 0.2) is 35.5 Å². The van der Waals surface area contributed by atoms with Gasteiger partial charge in [-0.3, -0.25) is 4.72 Å². The van der Waals surface area contributed by atoms with Crippen molar-refractivity contribution in [2.24, 2.45) is 0 Å². The van der Waals surface area contributed by atoms with Gasteiger partial charge < -0.3 is 15.6 Å². The van der Waals surface area contributed by atoms with Gasteiger partial charge in [0.15, 0.2) is 5.82 Å². The average Bonchev–Trinajstić information content (AvgIpc) is 2.47. The van der Waals surface area contributed by atoms with Crippen molar-refractivity contribution in [3.8, 4) is 5.88 Å². The maximum absolute atomic E-state index is 12.2. The highest BCUT2D eigenvalue weighted by molar-refractivity contribution is 7.92. The van der Waals surface area contributed by atoms with Gasteiger partial charge in [0.25, 0.3) is 10.0 Å². The highest BCUT2D eigenvalue weighted by atomic mass is 32.2. The SMILES string of the molecule is COc1ncnc(NS(=O)(=O)c2ccc(N)cc2)c1CO. The van der Waals surface area contributed by atoms with Gasteiger partial charge in [0.1, 0.15) is 6.33 Å². The molecule has 9 heteroatoms. The summed E-state index contributed by atoms with van der Waals surface area (Å²) in [4.78, 5) is 7.64. The number of rotatable bonds is 5. The number of aliphatic hydroxyl groups is 1. The molecule has 0 aliphatic heterocycles. The van der Waals surface area contributed by atoms with Gasteiger partial charge in [0.2, 0.25) is 5.88 Å². The zero-order chi connectivity index (χ0) is 15.5. The molecule has 0 unspecified atom stereocenters. The lowest BCUT2D eigenvalue weighted by Crippen LogP contribution is -2.16. The van der Waals surface area contributed by atoms with E-state index in [1.165, 1.54) is 31.4 Å². The molecule has 0 bridgehead atoms. The number of benzene rings is 1. The number of sulfonamides is 1. The number of nitrogen functional groups attached to an aromatic ring is 1. The van der Waals surface area contributed by atoms with Crippen LogP contribution in [0.1, 0.15) is 5.56 Å². The fraction of sp³-hybridized carbons (Fsp3) is 0.167. The fourth-order valence-electron chi connectivity index (χ4n) is 1.64. The van der Waals surface area contributed by atoms with Crippen molar-refractivity contribution in [1.82, 2.24) is 9.97 Å². The van der Waals surface area contributed by atoms with Gasteiger partial charge in [-0.1, -0.05) is 0 Å². The van der Waals surface area contributed by atoms with E-state index in [0.29, 0.717) is 5.69 Å². The molecule has 8 nitrogen and oxygen atoms in total. The number of hydrogen-bond acceptors (Lipinski definition) is 7. The van der Waals surface area contributed by atoms with E-state index in [1.54, 1.807) is 0 Å². The van der Waals surface area contributed by atoms with Crippen LogP contribution in [0.5, 0.6) is 5.88 Å². The molecule has 0 amide bonds. The Bertz CT molecular complexity index is 731. The molecule has 0 atom stereocenters. The van der Waals surface area contributed by atoms with E-state index in [0.717, 1.165) is 6.33 Å². The Labute approximate surface area is 121 Å². The Morgan fingerprint density at radius 2 is 1.95 bits per heavy atom. The van der Waals surface area contributed by atoms with Gasteiger partial charge in [-0.05, 0) is 24.3 Å². The Hall–Kier alpha value is -2.39. The molecule has 0 saturated carbocycles. The second-order valence-corrected chi connectivity index (χ2v) is 5.73. The second-order valence-electron chi connectivity index (χ2n) is 4.04. The van der Waals surface area contributed by atoms with E-state index in [-0.39, 0.29) is 22.2 Å². The van der Waals surface area contributed by atoms with E-state index < -0.39 is 16.6 Å². The third kappa shape index (κ3) is 3.20. The molecule has 0 aliphatic carbocycles. The first-order chi connectivity index (χ1) is 9.97. The van der Waals surface area contributed by atoms with Gasteiger partial charge in [-0.25, -0.2) is 18.4 Å². The van der Waals surface area contributed by atoms with Gasteiger partial charge in [0.05, 0.1) is 24.2 Å². The maximum atomic E-state index is 12.2. The van der Waals surface area contributed by atoms with E-state index in [2.05, 4.69) is 14.7 Å². The van der Waals surface area contributed by atoms with Crippen molar-refractivity contribution in [3.05, 3.63) is 36.2 Å². The zero-order valence-electron chi connectivity index (χ0n) is 11.1. The summed E-state index contributed by atoms with van der Waals surface area (Å²) >= 11 is 0. The number of ether oxygens (including phenoxy) is 1. The zero-order valence-corrected chi connectivity index (χ0v) is 12.0. The first kappa shape index (κ1) is 15.0. The molecule has 0 saturated heterocycles. The first-order valence-electron chi connectivity index (χ1n) is 5.85. The lowest BCUT2D eigenvalue weighted by atomic mass is 10.3. The molecular weight excluding hydrogens is 296 g/mol. The molecule has 1 heterocycles. The summed E-state index contributed by atoms with van der Waals surface area (Å²) in [5, 5.41) is 9.32. The van der Waals surface area contributed by atoms with Crippen LogP contribution in [0.2, 0.25) is 0 Å². The lowest BCUT2D eigenvalue weighted by Gasteiger charge is -2.12. The van der Waals surface area contributed by atoms with E-state index in [1.807, 2.05) is 0 Å². The second kappa shape index (κ2) is 5.94. The topological polar surface area (TPSA) is 127 Å². The van der Waals surface area contributed by atoms with E-state index >= 15 is 0 Å². The number of nitrogens with two attached hydrogens (primary N) is 1. The third-order valence-electron chi connectivity index (χ3n) is 2.68. The predicted molar refractivity (Wildman–Crippen MR) is 76.2 cm³/mol. The number of anilines is 2. The van der Waals surface area contributed by atoms with Crippen molar-refractivity contribution in [2.75, 3.05) is 17.6 Å². The van der Waals surface area contributed by atoms with Gasteiger partial charge in [-0.15, -0.1) is 0 Å². The van der Waals surface area contributed by atoms with Crippen LogP contribution in [-0.2, 0) is 16.6 Å². The van der Waals surface area contributed by atoms with Crippen molar-refractivity contribution < 1.29 is 18.3 Å². The molecule has 0 aliphatic rings. The summed E-state index contributed by atoms with van der Waals surface area (Å²) in [6, 6.07) is 5.69. The normalized spacial score (nSPS) is 11.1. The van der Waals surface area contributed by atoms with Crippen molar-refractivity contribution in [2.45, 2.75) is 11.5 Å². The van der Waals surface area contributed by atoms with Crippen LogP contribution in [0.4, 0.5) is 11.5 Å². The minimum Gasteiger partial charge on any atom is -0.481 e. The number of methoxy groups -OCH3 is 1. The summed E-state index contributed by atoms with van der Waals surface area (Å²) in [5.74, 6) is 0.0590. The summed E-state index contributed by atoms with van der Waals surface area (Å²) in [6.45, 7) is -0.469. The molecule has 4 N–H and O–H groups in total. The number of nitrogens with zero attached hydrogens (tertiary/aromatic N) is 2. The average molecular weight is 310 g/mol. The van der Waals surface area contributed by atoms with Crippen molar-refractivity contribution >= 4 is 21.5 Å². The summed E-state index contributed by atoms with van der Waals surface area (Å²) in [5.41, 5.74) is 6.12. The standard InChI is InChI=1S/C12H14N4O4S/c1-20-12-10(6-17)11(14-7-15-12)16-21(18,19)9-4-2-8(13)3-5-9/h2-5,7,17H,6,13H2,1H3,(H,14,15,16). The fourth-order valence-corrected chi connectivity index (χ4v) is 2.68. The number of hydrogen-bond donors (Lipinski definition) is 3.